The molecule has 4 N–H and O–H groups in total. The Balaban J connectivity index is 3.31. The number of nitrogens with two attached hydrogens (primary N) is 1. The number of ether oxygens (including phenoxy) is 1. The fraction of sp³-hybridized carbons (Fsp3) is 0.875. The van der Waals surface area contributed by atoms with E-state index in [1.807, 2.05) is 0 Å². The van der Waals surface area contributed by atoms with Crippen LogP contribution in [0.4, 0.5) is 0 Å². The maximum absolute atomic E-state index is 8.26. The smallest absolute Gasteiger partial charge is 0.140 e. The van der Waals surface area contributed by atoms with Crippen molar-refractivity contribution in [1.29, 1.82) is 0 Å². The topological polar surface area (TPSA) is 79.9 Å². The highest BCUT2D eigenvalue weighted by Crippen LogP contribution is 1.90. The van der Waals surface area contributed by atoms with Gasteiger partial charge in [0.15, 0.2) is 0 Å². The number of oxime groups is 1. The first-order chi connectivity index (χ1) is 6.20. The summed E-state index contributed by atoms with van der Waals surface area (Å²) in [7, 11) is 1.68. The van der Waals surface area contributed by atoms with Gasteiger partial charge in [-0.1, -0.05) is 5.16 Å². The molecule has 0 spiro atoms. The number of rotatable bonds is 7. The molecule has 0 aliphatic rings. The van der Waals surface area contributed by atoms with Crippen LogP contribution in [-0.4, -0.2) is 37.3 Å². The van der Waals surface area contributed by atoms with Crippen molar-refractivity contribution in [3.05, 3.63) is 0 Å². The van der Waals surface area contributed by atoms with Gasteiger partial charge in [-0.05, 0) is 13.3 Å². The van der Waals surface area contributed by atoms with Gasteiger partial charge in [0.05, 0.1) is 0 Å². The first kappa shape index (κ1) is 12.2. The molecule has 0 aromatic heterocycles. The summed E-state index contributed by atoms with van der Waals surface area (Å²) in [6, 6.07) is 0.395. The summed E-state index contributed by atoms with van der Waals surface area (Å²) in [5.74, 6) is 0.256. The standard InChI is InChI=1S/C8H19N3O2/c1-7(4-6-13-2)10-5-3-8(9)11-12/h7,10,12H,3-6H2,1-2H3,(H2,9,11). The third-order valence-corrected chi connectivity index (χ3v) is 1.76. The lowest BCUT2D eigenvalue weighted by molar-refractivity contribution is 0.185. The van der Waals surface area contributed by atoms with E-state index in [0.717, 1.165) is 19.6 Å². The Bertz CT molecular complexity index is 150. The lowest BCUT2D eigenvalue weighted by Crippen LogP contribution is -2.30. The van der Waals surface area contributed by atoms with Gasteiger partial charge in [0, 0.05) is 32.7 Å². The summed E-state index contributed by atoms with van der Waals surface area (Å²) in [6.45, 7) is 3.55. The van der Waals surface area contributed by atoms with Gasteiger partial charge in [0.1, 0.15) is 5.84 Å². The number of nitrogens with zero attached hydrogens (tertiary/aromatic N) is 1. The normalized spacial score (nSPS) is 14.5. The molecule has 0 amide bonds. The first-order valence-corrected chi connectivity index (χ1v) is 4.39. The fourth-order valence-corrected chi connectivity index (χ4v) is 0.893. The Morgan fingerprint density at radius 3 is 2.92 bits per heavy atom. The van der Waals surface area contributed by atoms with E-state index in [2.05, 4.69) is 17.4 Å². The van der Waals surface area contributed by atoms with E-state index in [0.29, 0.717) is 12.5 Å². The Hall–Kier alpha value is -0.810. The average Bonchev–Trinajstić information content (AvgIpc) is 2.14. The molecular formula is C8H19N3O2. The van der Waals surface area contributed by atoms with Crippen molar-refractivity contribution in [3.63, 3.8) is 0 Å². The molecule has 78 valence electrons. The second kappa shape index (κ2) is 7.82. The SMILES string of the molecule is COCCC(C)NCCC(N)=NO. The predicted octanol–water partition coefficient (Wildman–Crippen LogP) is 0.138. The van der Waals surface area contributed by atoms with Gasteiger partial charge in [-0.15, -0.1) is 0 Å². The maximum Gasteiger partial charge on any atom is 0.140 e. The minimum atomic E-state index is 0.256. The summed E-state index contributed by atoms with van der Waals surface area (Å²) < 4.78 is 4.93. The lowest BCUT2D eigenvalue weighted by atomic mass is 10.2. The highest BCUT2D eigenvalue weighted by Gasteiger charge is 2.00. The van der Waals surface area contributed by atoms with Crippen LogP contribution in [0, 0.1) is 0 Å². The van der Waals surface area contributed by atoms with Crippen LogP contribution in [0.1, 0.15) is 19.8 Å². The quantitative estimate of drug-likeness (QED) is 0.230. The molecule has 0 saturated heterocycles. The van der Waals surface area contributed by atoms with Crippen LogP contribution < -0.4 is 11.1 Å². The van der Waals surface area contributed by atoms with Crippen molar-refractivity contribution in [2.24, 2.45) is 10.9 Å². The summed E-state index contributed by atoms with van der Waals surface area (Å²) in [5.41, 5.74) is 5.29. The van der Waals surface area contributed by atoms with Crippen molar-refractivity contribution >= 4 is 5.84 Å². The van der Waals surface area contributed by atoms with E-state index in [1.165, 1.54) is 0 Å². The number of amidine groups is 1. The van der Waals surface area contributed by atoms with Gasteiger partial charge in [-0.25, -0.2) is 0 Å². The van der Waals surface area contributed by atoms with Crippen molar-refractivity contribution in [1.82, 2.24) is 5.32 Å². The molecule has 0 radical (unpaired) electrons. The lowest BCUT2D eigenvalue weighted by Gasteiger charge is -2.12. The zero-order chi connectivity index (χ0) is 10.1. The summed E-state index contributed by atoms with van der Waals surface area (Å²) >= 11 is 0. The number of methoxy groups -OCH3 is 1. The number of nitrogens with one attached hydrogen (secondary N) is 1. The molecule has 0 fully saturated rings. The minimum Gasteiger partial charge on any atom is -0.409 e. The van der Waals surface area contributed by atoms with Crippen LogP contribution in [0.2, 0.25) is 0 Å². The van der Waals surface area contributed by atoms with E-state index >= 15 is 0 Å². The van der Waals surface area contributed by atoms with Gasteiger partial charge < -0.3 is 21.0 Å². The van der Waals surface area contributed by atoms with Crippen molar-refractivity contribution in [2.75, 3.05) is 20.3 Å². The highest BCUT2D eigenvalue weighted by atomic mass is 16.5. The fourth-order valence-electron chi connectivity index (χ4n) is 0.893. The Morgan fingerprint density at radius 1 is 1.69 bits per heavy atom. The first-order valence-electron chi connectivity index (χ1n) is 4.39. The largest absolute Gasteiger partial charge is 0.409 e. The monoisotopic (exact) mass is 189 g/mol. The zero-order valence-electron chi connectivity index (χ0n) is 8.29. The molecule has 0 heterocycles. The van der Waals surface area contributed by atoms with Crippen LogP contribution in [0.3, 0.4) is 0 Å². The van der Waals surface area contributed by atoms with E-state index < -0.39 is 0 Å². The summed E-state index contributed by atoms with van der Waals surface area (Å²) in [6.07, 6.45) is 1.53. The molecule has 0 rings (SSSR count). The zero-order valence-corrected chi connectivity index (χ0v) is 8.29. The third-order valence-electron chi connectivity index (χ3n) is 1.76. The van der Waals surface area contributed by atoms with Gasteiger partial charge in [0.25, 0.3) is 0 Å². The Kier molecular flexibility index (Phi) is 7.33. The number of hydrogen-bond acceptors (Lipinski definition) is 4. The van der Waals surface area contributed by atoms with Crippen LogP contribution in [0.5, 0.6) is 0 Å². The molecule has 0 aromatic rings. The molecule has 13 heavy (non-hydrogen) atoms. The molecule has 1 atom stereocenters. The maximum atomic E-state index is 8.26. The summed E-state index contributed by atoms with van der Waals surface area (Å²) in [4.78, 5) is 0. The molecule has 0 aliphatic heterocycles. The van der Waals surface area contributed by atoms with Crippen LogP contribution in [-0.2, 0) is 4.74 Å². The molecule has 1 unspecified atom stereocenters. The predicted molar refractivity (Wildman–Crippen MR) is 52.0 cm³/mol. The van der Waals surface area contributed by atoms with E-state index in [-0.39, 0.29) is 5.84 Å². The summed E-state index contributed by atoms with van der Waals surface area (Å²) in [5, 5.41) is 14.4. The van der Waals surface area contributed by atoms with Gasteiger partial charge >= 0.3 is 0 Å². The van der Waals surface area contributed by atoms with Crippen LogP contribution in [0.15, 0.2) is 5.16 Å². The second-order valence-electron chi connectivity index (χ2n) is 2.98. The van der Waals surface area contributed by atoms with E-state index in [9.17, 15) is 0 Å². The molecule has 0 bridgehead atoms. The highest BCUT2D eigenvalue weighted by molar-refractivity contribution is 5.79. The van der Waals surface area contributed by atoms with Crippen LogP contribution in [0.25, 0.3) is 0 Å². The second-order valence-corrected chi connectivity index (χ2v) is 2.98. The molecule has 0 saturated carbocycles. The van der Waals surface area contributed by atoms with Gasteiger partial charge in [-0.2, -0.15) is 0 Å². The van der Waals surface area contributed by atoms with E-state index in [1.54, 1.807) is 7.11 Å². The molecular weight excluding hydrogens is 170 g/mol. The van der Waals surface area contributed by atoms with Crippen molar-refractivity contribution < 1.29 is 9.94 Å². The number of hydrogen-bond donors (Lipinski definition) is 3. The van der Waals surface area contributed by atoms with E-state index in [4.69, 9.17) is 15.7 Å². The van der Waals surface area contributed by atoms with Crippen LogP contribution >= 0.6 is 0 Å². The van der Waals surface area contributed by atoms with Gasteiger partial charge in [-0.3, -0.25) is 0 Å². The van der Waals surface area contributed by atoms with Gasteiger partial charge in [0.2, 0.25) is 0 Å². The third kappa shape index (κ3) is 7.55. The molecule has 5 heteroatoms. The molecule has 0 aromatic carbocycles. The average molecular weight is 189 g/mol. The molecule has 5 nitrogen and oxygen atoms in total. The Morgan fingerprint density at radius 2 is 2.38 bits per heavy atom. The minimum absolute atomic E-state index is 0.256. The Labute approximate surface area is 78.9 Å². The van der Waals surface area contributed by atoms with Crippen molar-refractivity contribution in [2.45, 2.75) is 25.8 Å². The van der Waals surface area contributed by atoms with Crippen molar-refractivity contribution in [3.8, 4) is 0 Å². The molecule has 0 aliphatic carbocycles.